The van der Waals surface area contributed by atoms with Crippen LogP contribution in [-0.2, 0) is 13.0 Å². The van der Waals surface area contributed by atoms with E-state index in [0.29, 0.717) is 5.92 Å². The van der Waals surface area contributed by atoms with Gasteiger partial charge in [-0.1, -0.05) is 6.07 Å². The molecule has 156 valence electrons. The largest absolute Gasteiger partial charge is 0.356 e. The molecule has 1 aliphatic rings. The summed E-state index contributed by atoms with van der Waals surface area (Å²) in [6, 6.07) is 4.39. The third-order valence-corrected chi connectivity index (χ3v) is 7.04. The van der Waals surface area contributed by atoms with Crippen LogP contribution >= 0.6 is 46.7 Å². The van der Waals surface area contributed by atoms with Crippen molar-refractivity contribution in [3.05, 3.63) is 38.0 Å². The number of guanidine groups is 1. The monoisotopic (exact) mass is 533 g/mol. The van der Waals surface area contributed by atoms with Gasteiger partial charge in [-0.3, -0.25) is 9.89 Å². The number of thiophene rings is 1. The fraction of sp³-hybridized carbons (Fsp3) is 0.600. The molecule has 0 aliphatic carbocycles. The average molecular weight is 534 g/mol. The topological polar surface area (TPSA) is 52.6 Å². The van der Waals surface area contributed by atoms with Crippen molar-refractivity contribution in [2.45, 2.75) is 39.7 Å². The zero-order valence-corrected chi connectivity index (χ0v) is 21.0. The number of hydrogen-bond donors (Lipinski definition) is 2. The predicted molar refractivity (Wildman–Crippen MR) is 132 cm³/mol. The van der Waals surface area contributed by atoms with Gasteiger partial charge in [0.2, 0.25) is 0 Å². The number of rotatable bonds is 7. The highest BCUT2D eigenvalue weighted by Gasteiger charge is 2.20. The van der Waals surface area contributed by atoms with E-state index in [2.05, 4.69) is 56.9 Å². The Morgan fingerprint density at radius 2 is 2.21 bits per heavy atom. The maximum Gasteiger partial charge on any atom is 0.191 e. The van der Waals surface area contributed by atoms with Crippen molar-refractivity contribution in [1.82, 2.24) is 20.5 Å². The first-order valence-electron chi connectivity index (χ1n) is 9.76. The second kappa shape index (κ2) is 12.1. The molecule has 3 heterocycles. The van der Waals surface area contributed by atoms with Crippen LogP contribution in [0.3, 0.4) is 0 Å². The van der Waals surface area contributed by atoms with Gasteiger partial charge in [0.15, 0.2) is 5.96 Å². The number of thiazole rings is 1. The normalized spacial score (nSPS) is 18.0. The van der Waals surface area contributed by atoms with E-state index in [1.807, 2.05) is 18.4 Å². The molecule has 1 aliphatic heterocycles. The summed E-state index contributed by atoms with van der Waals surface area (Å²) in [7, 11) is 1.84. The maximum atomic E-state index is 4.60. The molecule has 1 unspecified atom stereocenters. The number of hydrogen-bond acceptors (Lipinski definition) is 5. The highest BCUT2D eigenvalue weighted by molar-refractivity contribution is 14.0. The van der Waals surface area contributed by atoms with E-state index in [-0.39, 0.29) is 24.0 Å². The molecule has 28 heavy (non-hydrogen) atoms. The van der Waals surface area contributed by atoms with Crippen molar-refractivity contribution in [3.8, 4) is 0 Å². The van der Waals surface area contributed by atoms with E-state index in [1.54, 1.807) is 11.3 Å². The van der Waals surface area contributed by atoms with E-state index < -0.39 is 0 Å². The molecule has 0 spiro atoms. The van der Waals surface area contributed by atoms with Gasteiger partial charge in [0.25, 0.3) is 0 Å². The van der Waals surface area contributed by atoms with Crippen molar-refractivity contribution < 1.29 is 0 Å². The molecule has 0 aromatic carbocycles. The predicted octanol–water partition coefficient (Wildman–Crippen LogP) is 4.06. The van der Waals surface area contributed by atoms with Crippen molar-refractivity contribution in [2.24, 2.45) is 10.9 Å². The zero-order valence-electron chi connectivity index (χ0n) is 17.0. The van der Waals surface area contributed by atoms with Crippen molar-refractivity contribution in [2.75, 3.05) is 33.2 Å². The van der Waals surface area contributed by atoms with Crippen molar-refractivity contribution in [1.29, 1.82) is 0 Å². The minimum Gasteiger partial charge on any atom is -0.356 e. The molecule has 1 fully saturated rings. The van der Waals surface area contributed by atoms with Crippen LogP contribution in [0, 0.1) is 19.8 Å². The maximum absolute atomic E-state index is 4.60. The molecule has 0 bridgehead atoms. The van der Waals surface area contributed by atoms with Crippen LogP contribution in [-0.4, -0.2) is 49.1 Å². The molecule has 2 aromatic rings. The number of piperidine rings is 1. The number of nitrogens with one attached hydrogen (secondary N) is 2. The number of nitrogens with zero attached hydrogens (tertiary/aromatic N) is 3. The van der Waals surface area contributed by atoms with Crippen LogP contribution in [0.5, 0.6) is 0 Å². The summed E-state index contributed by atoms with van der Waals surface area (Å²) < 4.78 is 0. The lowest BCUT2D eigenvalue weighted by atomic mass is 9.98. The molecule has 0 saturated carbocycles. The van der Waals surface area contributed by atoms with Gasteiger partial charge >= 0.3 is 0 Å². The average Bonchev–Trinajstić information content (AvgIpc) is 3.28. The first kappa shape index (κ1) is 23.6. The van der Waals surface area contributed by atoms with Crippen LogP contribution < -0.4 is 10.6 Å². The molecular weight excluding hydrogens is 501 g/mol. The third-order valence-electron chi connectivity index (χ3n) is 5.05. The van der Waals surface area contributed by atoms with Gasteiger partial charge in [-0.15, -0.1) is 46.7 Å². The minimum atomic E-state index is 0. The summed E-state index contributed by atoms with van der Waals surface area (Å²) in [5, 5.41) is 10.3. The summed E-state index contributed by atoms with van der Waals surface area (Å²) in [6.07, 6.45) is 3.52. The molecule has 8 heteroatoms. The van der Waals surface area contributed by atoms with Crippen LogP contribution in [0.4, 0.5) is 0 Å². The number of aryl methyl sites for hydroxylation is 2. The van der Waals surface area contributed by atoms with E-state index in [1.165, 1.54) is 40.7 Å². The Morgan fingerprint density at radius 3 is 2.89 bits per heavy atom. The molecule has 0 radical (unpaired) electrons. The lowest BCUT2D eigenvalue weighted by molar-refractivity contribution is 0.169. The molecule has 1 atom stereocenters. The highest BCUT2D eigenvalue weighted by Crippen LogP contribution is 2.20. The van der Waals surface area contributed by atoms with E-state index in [4.69, 9.17) is 0 Å². The Hall–Kier alpha value is -0.710. The molecular formula is C20H32IN5S2. The Morgan fingerprint density at radius 1 is 1.36 bits per heavy atom. The quantitative estimate of drug-likeness (QED) is 0.320. The second-order valence-corrected chi connectivity index (χ2v) is 9.52. The summed E-state index contributed by atoms with van der Waals surface area (Å²) in [5.74, 6) is 1.58. The van der Waals surface area contributed by atoms with Gasteiger partial charge in [-0.2, -0.15) is 0 Å². The lowest BCUT2D eigenvalue weighted by Gasteiger charge is -2.32. The lowest BCUT2D eigenvalue weighted by Crippen LogP contribution is -2.44. The second-order valence-electron chi connectivity index (χ2n) is 7.20. The Kier molecular flexibility index (Phi) is 10.2. The number of likely N-dealkylation sites (tertiary alicyclic amines) is 1. The van der Waals surface area contributed by atoms with E-state index >= 15 is 0 Å². The van der Waals surface area contributed by atoms with Crippen LogP contribution in [0.1, 0.15) is 33.3 Å². The van der Waals surface area contributed by atoms with E-state index in [9.17, 15) is 0 Å². The standard InChI is InChI=1S/C20H31N5S2.HI/c1-15-16(2)27-19(24-15)8-9-22-20(21-3)23-12-17-6-4-10-25(13-17)14-18-7-5-11-26-18;/h5,7,11,17H,4,6,8-10,12-14H2,1-3H3,(H2,21,22,23);1H. The van der Waals surface area contributed by atoms with Gasteiger partial charge in [-0.05, 0) is 50.6 Å². The number of aliphatic imine (C=N–C) groups is 1. The van der Waals surface area contributed by atoms with Crippen molar-refractivity contribution >= 4 is 52.6 Å². The minimum absolute atomic E-state index is 0. The van der Waals surface area contributed by atoms with Gasteiger partial charge < -0.3 is 10.6 Å². The summed E-state index contributed by atoms with van der Waals surface area (Å²) in [6.45, 7) is 9.53. The number of halogens is 1. The molecule has 2 N–H and O–H groups in total. The highest BCUT2D eigenvalue weighted by atomic mass is 127. The first-order chi connectivity index (χ1) is 13.1. The summed E-state index contributed by atoms with van der Waals surface area (Å²) in [4.78, 5) is 14.3. The van der Waals surface area contributed by atoms with E-state index in [0.717, 1.165) is 37.7 Å². The van der Waals surface area contributed by atoms with Gasteiger partial charge in [-0.25, -0.2) is 4.98 Å². The van der Waals surface area contributed by atoms with Crippen molar-refractivity contribution in [3.63, 3.8) is 0 Å². The number of aromatic nitrogens is 1. The van der Waals surface area contributed by atoms with Crippen LogP contribution in [0.2, 0.25) is 0 Å². The van der Waals surface area contributed by atoms with Crippen LogP contribution in [0.15, 0.2) is 22.5 Å². The molecule has 0 amide bonds. The summed E-state index contributed by atoms with van der Waals surface area (Å²) in [5.41, 5.74) is 1.15. The fourth-order valence-electron chi connectivity index (χ4n) is 3.48. The summed E-state index contributed by atoms with van der Waals surface area (Å²) >= 11 is 3.65. The molecule has 2 aromatic heterocycles. The third kappa shape index (κ3) is 7.27. The fourth-order valence-corrected chi connectivity index (χ4v) is 5.16. The first-order valence-corrected chi connectivity index (χ1v) is 11.5. The Balaban J connectivity index is 0.00000280. The smallest absolute Gasteiger partial charge is 0.191 e. The SMILES string of the molecule is CN=C(NCCc1nc(C)c(C)s1)NCC1CCCN(Cc2cccs2)C1.I. The van der Waals surface area contributed by atoms with Gasteiger partial charge in [0.05, 0.1) is 10.7 Å². The Bertz CT molecular complexity index is 710. The Labute approximate surface area is 194 Å². The van der Waals surface area contributed by atoms with Crippen LogP contribution in [0.25, 0.3) is 0 Å². The molecule has 1 saturated heterocycles. The molecule has 3 rings (SSSR count). The zero-order chi connectivity index (χ0) is 19.1. The molecule has 5 nitrogen and oxygen atoms in total. The van der Waals surface area contributed by atoms with Gasteiger partial charge in [0, 0.05) is 49.4 Å². The van der Waals surface area contributed by atoms with Gasteiger partial charge in [0.1, 0.15) is 0 Å².